The maximum atomic E-state index is 5.75. The summed E-state index contributed by atoms with van der Waals surface area (Å²) in [6.45, 7) is 9.98. The van der Waals surface area contributed by atoms with Gasteiger partial charge in [0, 0.05) is 11.1 Å². The van der Waals surface area contributed by atoms with Gasteiger partial charge in [0.15, 0.2) is 0 Å². The number of hydrogen-bond acceptors (Lipinski definition) is 2. The van der Waals surface area contributed by atoms with Crippen LogP contribution in [0.1, 0.15) is 38.8 Å². The molecule has 0 fully saturated rings. The Morgan fingerprint density at radius 3 is 1.50 bits per heavy atom. The van der Waals surface area contributed by atoms with Gasteiger partial charge in [0.25, 0.3) is 0 Å². The molecule has 2 rings (SSSR count). The van der Waals surface area contributed by atoms with E-state index in [2.05, 4.69) is 39.5 Å². The van der Waals surface area contributed by atoms with E-state index in [9.17, 15) is 0 Å². The van der Waals surface area contributed by atoms with E-state index in [1.54, 1.807) is 0 Å². The zero-order chi connectivity index (χ0) is 17.4. The van der Waals surface area contributed by atoms with Gasteiger partial charge in [0.2, 0.25) is 0 Å². The third-order valence-corrected chi connectivity index (χ3v) is 3.19. The van der Waals surface area contributed by atoms with Crippen molar-refractivity contribution in [3.63, 3.8) is 0 Å². The van der Waals surface area contributed by atoms with Crippen LogP contribution in [0.5, 0.6) is 11.5 Å². The van der Waals surface area contributed by atoms with Crippen molar-refractivity contribution < 1.29 is 9.47 Å². The van der Waals surface area contributed by atoms with E-state index in [1.807, 2.05) is 48.5 Å². The second kappa shape index (κ2) is 9.03. The Kier molecular flexibility index (Phi) is 6.75. The summed E-state index contributed by atoms with van der Waals surface area (Å²) in [7, 11) is 0. The molecule has 0 atom stereocenters. The minimum atomic E-state index is 0.508. The van der Waals surface area contributed by atoms with Gasteiger partial charge in [-0.1, -0.05) is 51.7 Å². The Balaban J connectivity index is 2.06. The lowest BCUT2D eigenvalue weighted by Gasteiger charge is -2.08. The Hall–Kier alpha value is -2.40. The first-order chi connectivity index (χ1) is 11.5. The van der Waals surface area contributed by atoms with E-state index in [0.717, 1.165) is 22.6 Å². The maximum Gasteiger partial charge on any atom is 0.120 e. The van der Waals surface area contributed by atoms with Crippen LogP contribution in [0.15, 0.2) is 48.5 Å². The molecule has 24 heavy (non-hydrogen) atoms. The quantitative estimate of drug-likeness (QED) is 0.684. The molecule has 2 aromatic rings. The van der Waals surface area contributed by atoms with E-state index >= 15 is 0 Å². The lowest BCUT2D eigenvalue weighted by Crippen LogP contribution is -2.04. The highest BCUT2D eigenvalue weighted by molar-refractivity contribution is 5.46. The van der Waals surface area contributed by atoms with Crippen LogP contribution in [-0.2, 0) is 0 Å². The van der Waals surface area contributed by atoms with Crippen LogP contribution in [0.3, 0.4) is 0 Å². The fraction of sp³-hybridized carbons (Fsp3) is 0.364. The van der Waals surface area contributed by atoms with Crippen LogP contribution >= 0.6 is 0 Å². The predicted molar refractivity (Wildman–Crippen MR) is 99.5 cm³/mol. The minimum Gasteiger partial charge on any atom is -0.493 e. The van der Waals surface area contributed by atoms with Gasteiger partial charge in [0.1, 0.15) is 11.5 Å². The van der Waals surface area contributed by atoms with E-state index in [1.165, 1.54) is 0 Å². The van der Waals surface area contributed by atoms with Crippen molar-refractivity contribution in [2.45, 2.75) is 27.7 Å². The van der Waals surface area contributed by atoms with Crippen LogP contribution in [-0.4, -0.2) is 13.2 Å². The van der Waals surface area contributed by atoms with Gasteiger partial charge < -0.3 is 9.47 Å². The molecule has 0 aliphatic heterocycles. The average molecular weight is 322 g/mol. The highest BCUT2D eigenvalue weighted by Crippen LogP contribution is 2.15. The van der Waals surface area contributed by atoms with Crippen LogP contribution in [0.2, 0.25) is 0 Å². The largest absolute Gasteiger partial charge is 0.493 e. The van der Waals surface area contributed by atoms with Crippen LogP contribution in [0.4, 0.5) is 0 Å². The Morgan fingerprint density at radius 2 is 1.12 bits per heavy atom. The second-order valence-electron chi connectivity index (χ2n) is 6.72. The van der Waals surface area contributed by atoms with Crippen molar-refractivity contribution in [1.29, 1.82) is 0 Å². The van der Waals surface area contributed by atoms with Gasteiger partial charge in [-0.25, -0.2) is 0 Å². The van der Waals surface area contributed by atoms with Gasteiger partial charge in [-0.2, -0.15) is 0 Å². The molecule has 0 radical (unpaired) electrons. The smallest absolute Gasteiger partial charge is 0.120 e. The predicted octanol–water partition coefficient (Wildman–Crippen LogP) is 5.16. The third-order valence-electron chi connectivity index (χ3n) is 3.19. The molecule has 0 aliphatic rings. The molecule has 0 bridgehead atoms. The summed E-state index contributed by atoms with van der Waals surface area (Å²) in [6, 6.07) is 15.8. The van der Waals surface area contributed by atoms with Crippen molar-refractivity contribution in [2.75, 3.05) is 13.2 Å². The molecule has 0 saturated heterocycles. The molecule has 0 amide bonds. The molecule has 2 heteroatoms. The molecule has 126 valence electrons. The van der Waals surface area contributed by atoms with Gasteiger partial charge in [-0.3, -0.25) is 0 Å². The fourth-order valence-electron chi connectivity index (χ4n) is 2.00. The fourth-order valence-corrected chi connectivity index (χ4v) is 2.00. The molecule has 0 unspecified atom stereocenters. The van der Waals surface area contributed by atoms with Crippen molar-refractivity contribution in [1.82, 2.24) is 0 Å². The third kappa shape index (κ3) is 6.38. The topological polar surface area (TPSA) is 18.5 Å². The molecular weight excluding hydrogens is 296 g/mol. The SMILES string of the molecule is CC(C)COc1cccc(C#Cc2cccc(OCC(C)C)c2)c1. The second-order valence-corrected chi connectivity index (χ2v) is 6.72. The lowest BCUT2D eigenvalue weighted by atomic mass is 10.1. The molecular formula is C22H26O2. The summed E-state index contributed by atoms with van der Waals surface area (Å²) in [5.74, 6) is 9.14. The van der Waals surface area contributed by atoms with E-state index in [4.69, 9.17) is 9.47 Å². The van der Waals surface area contributed by atoms with Crippen LogP contribution < -0.4 is 9.47 Å². The summed E-state index contributed by atoms with van der Waals surface area (Å²) in [5, 5.41) is 0. The lowest BCUT2D eigenvalue weighted by molar-refractivity contribution is 0.271. The zero-order valence-corrected chi connectivity index (χ0v) is 15.0. The number of benzene rings is 2. The average Bonchev–Trinajstić information content (AvgIpc) is 2.57. The Labute approximate surface area is 145 Å². The molecule has 2 aromatic carbocycles. The van der Waals surface area contributed by atoms with Gasteiger partial charge in [-0.05, 0) is 48.2 Å². The van der Waals surface area contributed by atoms with Crippen LogP contribution in [0.25, 0.3) is 0 Å². The summed E-state index contributed by atoms with van der Waals surface area (Å²) in [6.07, 6.45) is 0. The number of rotatable bonds is 6. The minimum absolute atomic E-state index is 0.508. The van der Waals surface area contributed by atoms with E-state index < -0.39 is 0 Å². The molecule has 0 aromatic heterocycles. The highest BCUT2D eigenvalue weighted by Gasteiger charge is 1.99. The van der Waals surface area contributed by atoms with E-state index in [-0.39, 0.29) is 0 Å². The molecule has 2 nitrogen and oxygen atoms in total. The summed E-state index contributed by atoms with van der Waals surface area (Å²) in [4.78, 5) is 0. The normalized spacial score (nSPS) is 10.4. The van der Waals surface area contributed by atoms with Crippen molar-refractivity contribution in [3.8, 4) is 23.3 Å². The molecule has 0 aliphatic carbocycles. The Morgan fingerprint density at radius 1 is 0.708 bits per heavy atom. The first-order valence-electron chi connectivity index (χ1n) is 8.50. The summed E-state index contributed by atoms with van der Waals surface area (Å²) in [5.41, 5.74) is 1.90. The number of ether oxygens (including phenoxy) is 2. The Bertz CT molecular complexity index is 646. The molecule has 0 heterocycles. The zero-order valence-electron chi connectivity index (χ0n) is 15.0. The molecule has 0 spiro atoms. The van der Waals surface area contributed by atoms with Gasteiger partial charge >= 0.3 is 0 Å². The van der Waals surface area contributed by atoms with Crippen molar-refractivity contribution >= 4 is 0 Å². The van der Waals surface area contributed by atoms with E-state index in [0.29, 0.717) is 25.0 Å². The highest BCUT2D eigenvalue weighted by atomic mass is 16.5. The first-order valence-corrected chi connectivity index (χ1v) is 8.50. The molecule has 0 N–H and O–H groups in total. The standard InChI is InChI=1S/C22H26O2/c1-17(2)15-23-21-9-5-7-19(13-21)11-12-20-8-6-10-22(14-20)24-16-18(3)4/h5-10,13-14,17-18H,15-16H2,1-4H3. The monoisotopic (exact) mass is 322 g/mol. The van der Waals surface area contributed by atoms with Crippen molar-refractivity contribution in [3.05, 3.63) is 59.7 Å². The molecule has 0 saturated carbocycles. The summed E-state index contributed by atoms with van der Waals surface area (Å²) < 4.78 is 11.5. The van der Waals surface area contributed by atoms with Gasteiger partial charge in [0.05, 0.1) is 13.2 Å². The number of hydrogen-bond donors (Lipinski definition) is 0. The van der Waals surface area contributed by atoms with Crippen LogP contribution in [0, 0.1) is 23.7 Å². The van der Waals surface area contributed by atoms with Gasteiger partial charge in [-0.15, -0.1) is 0 Å². The van der Waals surface area contributed by atoms with Crippen molar-refractivity contribution in [2.24, 2.45) is 11.8 Å². The maximum absolute atomic E-state index is 5.75. The first kappa shape index (κ1) is 17.9. The summed E-state index contributed by atoms with van der Waals surface area (Å²) >= 11 is 0.